The van der Waals surface area contributed by atoms with Gasteiger partial charge in [0.25, 0.3) is 0 Å². The molecule has 0 aromatic rings. The van der Waals surface area contributed by atoms with Crippen molar-refractivity contribution in [2.45, 2.75) is 19.3 Å². The molecule has 0 saturated carbocycles. The van der Waals surface area contributed by atoms with Crippen LogP contribution in [0.1, 0.15) is 19.3 Å². The van der Waals surface area contributed by atoms with Gasteiger partial charge in [0.15, 0.2) is 0 Å². The molecule has 2 fully saturated rings. The van der Waals surface area contributed by atoms with Crippen molar-refractivity contribution in [3.05, 3.63) is 0 Å². The molecule has 2 saturated heterocycles. The van der Waals surface area contributed by atoms with Crippen LogP contribution in [0.5, 0.6) is 0 Å². The van der Waals surface area contributed by atoms with Gasteiger partial charge < -0.3 is 9.69 Å². The summed E-state index contributed by atoms with van der Waals surface area (Å²) in [6, 6.07) is 0. The molecule has 2 heteroatoms. The van der Waals surface area contributed by atoms with Crippen LogP contribution in [-0.2, 0) is 4.79 Å². The van der Waals surface area contributed by atoms with Gasteiger partial charge in [-0.25, -0.2) is 0 Å². The van der Waals surface area contributed by atoms with E-state index in [1.54, 1.807) is 0 Å². The van der Waals surface area contributed by atoms with Gasteiger partial charge in [-0.15, -0.1) is 0 Å². The maximum absolute atomic E-state index is 10.6. The standard InChI is InChI=1S/C9H15NO/c11-7-9-3-5-10-4-1-2-8(9)6-10/h7-9H,1-6H2. The normalized spacial score (nSPS) is 43.5. The van der Waals surface area contributed by atoms with Crippen molar-refractivity contribution in [2.24, 2.45) is 11.8 Å². The van der Waals surface area contributed by atoms with E-state index in [9.17, 15) is 4.79 Å². The average molecular weight is 153 g/mol. The summed E-state index contributed by atoms with van der Waals surface area (Å²) in [5.41, 5.74) is 0. The molecule has 11 heavy (non-hydrogen) atoms. The minimum atomic E-state index is 0.381. The van der Waals surface area contributed by atoms with Crippen LogP contribution in [0.25, 0.3) is 0 Å². The number of rotatable bonds is 1. The van der Waals surface area contributed by atoms with E-state index in [1.165, 1.54) is 32.2 Å². The number of nitrogens with zero attached hydrogens (tertiary/aromatic N) is 1. The van der Waals surface area contributed by atoms with E-state index in [1.807, 2.05) is 0 Å². The zero-order valence-corrected chi connectivity index (χ0v) is 6.83. The highest BCUT2D eigenvalue weighted by Gasteiger charge is 2.31. The zero-order chi connectivity index (χ0) is 7.68. The summed E-state index contributed by atoms with van der Waals surface area (Å²) in [5, 5.41) is 0. The Bertz CT molecular complexity index is 158. The molecule has 0 aromatic carbocycles. The van der Waals surface area contributed by atoms with Crippen molar-refractivity contribution in [2.75, 3.05) is 19.6 Å². The Balaban J connectivity index is 2.02. The van der Waals surface area contributed by atoms with E-state index < -0.39 is 0 Å². The molecule has 0 spiro atoms. The van der Waals surface area contributed by atoms with Crippen LogP contribution in [0.15, 0.2) is 0 Å². The molecule has 2 rings (SSSR count). The second-order valence-electron chi connectivity index (χ2n) is 3.79. The van der Waals surface area contributed by atoms with E-state index in [-0.39, 0.29) is 0 Å². The Kier molecular flexibility index (Phi) is 1.95. The lowest BCUT2D eigenvalue weighted by atomic mass is 9.81. The van der Waals surface area contributed by atoms with E-state index in [4.69, 9.17) is 0 Å². The summed E-state index contributed by atoms with van der Waals surface area (Å²) < 4.78 is 0. The quantitative estimate of drug-likeness (QED) is 0.522. The van der Waals surface area contributed by atoms with Crippen molar-refractivity contribution in [3.8, 4) is 0 Å². The second kappa shape index (κ2) is 2.94. The third-order valence-electron chi connectivity index (χ3n) is 3.10. The SMILES string of the molecule is O=CC1CCN2CCCC1C2. The fourth-order valence-corrected chi connectivity index (χ4v) is 2.39. The number of carbonyl (C=O) groups excluding carboxylic acids is 1. The third kappa shape index (κ3) is 1.32. The number of fused-ring (bicyclic) bond motifs is 2. The van der Waals surface area contributed by atoms with Crippen LogP contribution in [0.2, 0.25) is 0 Å². The maximum atomic E-state index is 10.6. The Morgan fingerprint density at radius 1 is 1.27 bits per heavy atom. The Morgan fingerprint density at radius 3 is 3.00 bits per heavy atom. The highest BCUT2D eigenvalue weighted by molar-refractivity contribution is 5.54. The minimum Gasteiger partial charge on any atom is -0.303 e. The Labute approximate surface area is 67.6 Å². The van der Waals surface area contributed by atoms with Crippen molar-refractivity contribution in [3.63, 3.8) is 0 Å². The molecule has 0 aromatic heterocycles. The number of carbonyl (C=O) groups is 1. The molecule has 0 radical (unpaired) electrons. The van der Waals surface area contributed by atoms with Crippen LogP contribution in [-0.4, -0.2) is 30.8 Å². The first-order valence-electron chi connectivity index (χ1n) is 4.58. The molecule has 3 atom stereocenters. The molecule has 2 bridgehead atoms. The molecule has 0 aliphatic carbocycles. The number of hydrogen-bond donors (Lipinski definition) is 0. The van der Waals surface area contributed by atoms with Crippen molar-refractivity contribution in [1.29, 1.82) is 0 Å². The molecule has 2 nitrogen and oxygen atoms in total. The van der Waals surface area contributed by atoms with Gasteiger partial charge in [-0.3, -0.25) is 0 Å². The zero-order valence-electron chi connectivity index (χ0n) is 6.83. The third-order valence-corrected chi connectivity index (χ3v) is 3.10. The highest BCUT2D eigenvalue weighted by atomic mass is 16.1. The molecule has 3 unspecified atom stereocenters. The lowest BCUT2D eigenvalue weighted by molar-refractivity contribution is -0.115. The van der Waals surface area contributed by atoms with Crippen molar-refractivity contribution >= 4 is 6.29 Å². The molecule has 2 aliphatic rings. The molecular weight excluding hydrogens is 138 g/mol. The molecule has 2 aliphatic heterocycles. The Hall–Kier alpha value is -0.370. The summed E-state index contributed by atoms with van der Waals surface area (Å²) >= 11 is 0. The lowest BCUT2D eigenvalue weighted by Crippen LogP contribution is -2.44. The summed E-state index contributed by atoms with van der Waals surface area (Å²) in [4.78, 5) is 13.1. The molecule has 0 amide bonds. The van der Waals surface area contributed by atoms with Crippen molar-refractivity contribution < 1.29 is 4.79 Å². The van der Waals surface area contributed by atoms with E-state index in [0.717, 1.165) is 13.0 Å². The van der Waals surface area contributed by atoms with Crippen LogP contribution in [0.4, 0.5) is 0 Å². The molecule has 2 heterocycles. The van der Waals surface area contributed by atoms with Gasteiger partial charge in [0, 0.05) is 12.5 Å². The van der Waals surface area contributed by atoms with E-state index in [2.05, 4.69) is 4.90 Å². The first kappa shape index (κ1) is 7.29. The van der Waals surface area contributed by atoms with Gasteiger partial charge in [-0.1, -0.05) is 0 Å². The van der Waals surface area contributed by atoms with Gasteiger partial charge in [0.1, 0.15) is 6.29 Å². The molecule has 0 N–H and O–H groups in total. The number of piperidine rings is 2. The minimum absolute atomic E-state index is 0.381. The summed E-state index contributed by atoms with van der Waals surface area (Å²) in [6.07, 6.45) is 4.86. The second-order valence-corrected chi connectivity index (χ2v) is 3.79. The van der Waals surface area contributed by atoms with Gasteiger partial charge in [0.2, 0.25) is 0 Å². The fraction of sp³-hybridized carbons (Fsp3) is 0.889. The highest BCUT2D eigenvalue weighted by Crippen LogP contribution is 2.29. The van der Waals surface area contributed by atoms with Gasteiger partial charge in [-0.05, 0) is 38.3 Å². The lowest BCUT2D eigenvalue weighted by Gasteiger charge is -2.40. The van der Waals surface area contributed by atoms with E-state index >= 15 is 0 Å². The van der Waals surface area contributed by atoms with Crippen LogP contribution < -0.4 is 0 Å². The predicted molar refractivity (Wildman–Crippen MR) is 43.3 cm³/mol. The largest absolute Gasteiger partial charge is 0.303 e. The van der Waals surface area contributed by atoms with Gasteiger partial charge in [0.05, 0.1) is 0 Å². The first-order valence-corrected chi connectivity index (χ1v) is 4.58. The van der Waals surface area contributed by atoms with Crippen LogP contribution in [0, 0.1) is 11.8 Å². The maximum Gasteiger partial charge on any atom is 0.123 e. The molecule has 62 valence electrons. The van der Waals surface area contributed by atoms with Gasteiger partial charge in [-0.2, -0.15) is 0 Å². The van der Waals surface area contributed by atoms with Crippen LogP contribution >= 0.6 is 0 Å². The average Bonchev–Trinajstić information content (AvgIpc) is 2.06. The number of hydrogen-bond acceptors (Lipinski definition) is 2. The topological polar surface area (TPSA) is 20.3 Å². The first-order chi connectivity index (χ1) is 5.40. The summed E-state index contributed by atoms with van der Waals surface area (Å²) in [5.74, 6) is 1.07. The fourth-order valence-electron chi connectivity index (χ4n) is 2.39. The summed E-state index contributed by atoms with van der Waals surface area (Å²) in [6.45, 7) is 3.60. The number of aldehydes is 1. The smallest absolute Gasteiger partial charge is 0.123 e. The Morgan fingerprint density at radius 2 is 2.18 bits per heavy atom. The monoisotopic (exact) mass is 153 g/mol. The van der Waals surface area contributed by atoms with E-state index in [0.29, 0.717) is 11.8 Å². The van der Waals surface area contributed by atoms with Crippen molar-refractivity contribution in [1.82, 2.24) is 4.90 Å². The predicted octanol–water partition coefficient (Wildman–Crippen LogP) is 0.917. The molecular formula is C9H15NO. The van der Waals surface area contributed by atoms with Gasteiger partial charge >= 0.3 is 0 Å². The summed E-state index contributed by atoms with van der Waals surface area (Å²) in [7, 11) is 0. The van der Waals surface area contributed by atoms with Crippen LogP contribution in [0.3, 0.4) is 0 Å².